The SMILES string of the molecule is CN=C(NCC(=O)Nc1ccccc1)N(C)Cc1ccc(OC)cc1OC.I. The predicted octanol–water partition coefficient (Wildman–Crippen LogP) is 2.97. The van der Waals surface area contributed by atoms with Gasteiger partial charge in [-0.15, -0.1) is 24.0 Å². The zero-order valence-electron chi connectivity index (χ0n) is 16.6. The van der Waals surface area contributed by atoms with E-state index in [2.05, 4.69) is 15.6 Å². The molecular formula is C20H27IN4O3. The minimum atomic E-state index is -0.141. The van der Waals surface area contributed by atoms with Crippen LogP contribution in [0.3, 0.4) is 0 Å². The number of ether oxygens (including phenoxy) is 2. The Bertz CT molecular complexity index is 784. The van der Waals surface area contributed by atoms with Crippen molar-refractivity contribution in [2.75, 3.05) is 40.2 Å². The highest BCUT2D eigenvalue weighted by atomic mass is 127. The van der Waals surface area contributed by atoms with Crippen LogP contribution < -0.4 is 20.1 Å². The van der Waals surface area contributed by atoms with Crippen molar-refractivity contribution in [3.63, 3.8) is 0 Å². The smallest absolute Gasteiger partial charge is 0.243 e. The van der Waals surface area contributed by atoms with Gasteiger partial charge >= 0.3 is 0 Å². The van der Waals surface area contributed by atoms with Crippen molar-refractivity contribution in [2.24, 2.45) is 4.99 Å². The molecule has 0 aliphatic heterocycles. The lowest BCUT2D eigenvalue weighted by atomic mass is 10.2. The molecule has 2 rings (SSSR count). The highest BCUT2D eigenvalue weighted by Crippen LogP contribution is 2.25. The van der Waals surface area contributed by atoms with Crippen LogP contribution in [0.2, 0.25) is 0 Å². The first-order valence-electron chi connectivity index (χ1n) is 8.55. The summed E-state index contributed by atoms with van der Waals surface area (Å²) < 4.78 is 10.7. The summed E-state index contributed by atoms with van der Waals surface area (Å²) >= 11 is 0. The molecular weight excluding hydrogens is 471 g/mol. The lowest BCUT2D eigenvalue weighted by molar-refractivity contribution is -0.115. The minimum Gasteiger partial charge on any atom is -0.497 e. The second kappa shape index (κ2) is 12.1. The van der Waals surface area contributed by atoms with Crippen LogP contribution >= 0.6 is 24.0 Å². The second-order valence-corrected chi connectivity index (χ2v) is 5.85. The van der Waals surface area contributed by atoms with Crippen molar-refractivity contribution in [1.82, 2.24) is 10.2 Å². The number of amides is 1. The van der Waals surface area contributed by atoms with E-state index in [1.165, 1.54) is 0 Å². The van der Waals surface area contributed by atoms with Crippen molar-refractivity contribution in [3.05, 3.63) is 54.1 Å². The summed E-state index contributed by atoms with van der Waals surface area (Å²) in [6, 6.07) is 15.0. The quantitative estimate of drug-likeness (QED) is 0.349. The third-order valence-electron chi connectivity index (χ3n) is 3.94. The van der Waals surface area contributed by atoms with Gasteiger partial charge in [0.1, 0.15) is 11.5 Å². The van der Waals surface area contributed by atoms with Crippen molar-refractivity contribution >= 4 is 41.5 Å². The first-order chi connectivity index (χ1) is 13.1. The summed E-state index contributed by atoms with van der Waals surface area (Å²) in [7, 11) is 6.82. The number of anilines is 1. The van der Waals surface area contributed by atoms with E-state index in [9.17, 15) is 4.79 Å². The number of nitrogens with zero attached hydrogens (tertiary/aromatic N) is 2. The lowest BCUT2D eigenvalue weighted by Gasteiger charge is -2.23. The van der Waals surface area contributed by atoms with Crippen molar-refractivity contribution in [1.29, 1.82) is 0 Å². The van der Waals surface area contributed by atoms with E-state index in [1.54, 1.807) is 21.3 Å². The summed E-state index contributed by atoms with van der Waals surface area (Å²) in [5.74, 6) is 1.94. The van der Waals surface area contributed by atoms with Gasteiger partial charge in [0.2, 0.25) is 5.91 Å². The van der Waals surface area contributed by atoms with Gasteiger partial charge in [-0.1, -0.05) is 18.2 Å². The molecule has 0 bridgehead atoms. The van der Waals surface area contributed by atoms with Gasteiger partial charge in [-0.25, -0.2) is 0 Å². The number of rotatable bonds is 7. The topological polar surface area (TPSA) is 75.2 Å². The van der Waals surface area contributed by atoms with Gasteiger partial charge in [0.15, 0.2) is 5.96 Å². The van der Waals surface area contributed by atoms with E-state index in [0.717, 1.165) is 22.7 Å². The van der Waals surface area contributed by atoms with Crippen LogP contribution in [0.5, 0.6) is 11.5 Å². The Kier molecular flexibility index (Phi) is 10.1. The van der Waals surface area contributed by atoms with Crippen LogP contribution in [0.4, 0.5) is 5.69 Å². The Morgan fingerprint density at radius 1 is 1.11 bits per heavy atom. The molecule has 7 nitrogen and oxygen atoms in total. The van der Waals surface area contributed by atoms with E-state index < -0.39 is 0 Å². The molecule has 1 amide bonds. The Morgan fingerprint density at radius 2 is 1.82 bits per heavy atom. The molecule has 0 saturated heterocycles. The zero-order valence-corrected chi connectivity index (χ0v) is 18.9. The molecule has 0 unspecified atom stereocenters. The number of carbonyl (C=O) groups excluding carboxylic acids is 1. The predicted molar refractivity (Wildman–Crippen MR) is 123 cm³/mol. The van der Waals surface area contributed by atoms with Crippen LogP contribution in [0, 0.1) is 0 Å². The summed E-state index contributed by atoms with van der Waals surface area (Å²) in [5, 5.41) is 5.90. The second-order valence-electron chi connectivity index (χ2n) is 5.85. The molecule has 2 N–H and O–H groups in total. The molecule has 0 spiro atoms. The standard InChI is InChI=1S/C20H26N4O3.HI/c1-21-20(22-13-19(25)23-16-8-6-5-7-9-16)24(2)14-15-10-11-17(26-3)12-18(15)27-4;/h5-12H,13-14H2,1-4H3,(H,21,22)(H,23,25);1H. The normalized spacial score (nSPS) is 10.5. The van der Waals surface area contributed by atoms with E-state index in [4.69, 9.17) is 9.47 Å². The average molecular weight is 498 g/mol. The number of guanidine groups is 1. The van der Waals surface area contributed by atoms with Gasteiger partial charge < -0.3 is 25.0 Å². The van der Waals surface area contributed by atoms with Crippen LogP contribution in [0.25, 0.3) is 0 Å². The number of nitrogens with one attached hydrogen (secondary N) is 2. The van der Waals surface area contributed by atoms with Gasteiger partial charge in [0.05, 0.1) is 20.8 Å². The van der Waals surface area contributed by atoms with Crippen LogP contribution in [-0.4, -0.2) is 51.6 Å². The lowest BCUT2D eigenvalue weighted by Crippen LogP contribution is -2.42. The fraction of sp³-hybridized carbons (Fsp3) is 0.300. The largest absolute Gasteiger partial charge is 0.497 e. The molecule has 0 fully saturated rings. The minimum absolute atomic E-state index is 0. The van der Waals surface area contributed by atoms with Gasteiger partial charge in [-0.2, -0.15) is 0 Å². The molecule has 0 aliphatic carbocycles. The van der Waals surface area contributed by atoms with Gasteiger partial charge in [0, 0.05) is 38.0 Å². The fourth-order valence-electron chi connectivity index (χ4n) is 2.58. The third kappa shape index (κ3) is 6.91. The molecule has 0 aromatic heterocycles. The van der Waals surface area contributed by atoms with E-state index in [0.29, 0.717) is 12.5 Å². The maximum Gasteiger partial charge on any atom is 0.243 e. The van der Waals surface area contributed by atoms with E-state index in [1.807, 2.05) is 60.5 Å². The molecule has 0 aliphatic rings. The number of hydrogen-bond donors (Lipinski definition) is 2. The van der Waals surface area contributed by atoms with Crippen molar-refractivity contribution in [2.45, 2.75) is 6.54 Å². The van der Waals surface area contributed by atoms with E-state index in [-0.39, 0.29) is 36.4 Å². The number of methoxy groups -OCH3 is 2. The van der Waals surface area contributed by atoms with Crippen molar-refractivity contribution in [3.8, 4) is 11.5 Å². The number of carbonyl (C=O) groups is 1. The maximum absolute atomic E-state index is 12.1. The molecule has 0 atom stereocenters. The monoisotopic (exact) mass is 498 g/mol. The molecule has 8 heteroatoms. The average Bonchev–Trinajstić information content (AvgIpc) is 2.69. The van der Waals surface area contributed by atoms with Crippen LogP contribution in [-0.2, 0) is 11.3 Å². The molecule has 152 valence electrons. The molecule has 2 aromatic rings. The van der Waals surface area contributed by atoms with Gasteiger partial charge in [-0.3, -0.25) is 9.79 Å². The molecule has 0 saturated carbocycles. The Labute approximate surface area is 183 Å². The number of aliphatic imine (C=N–C) groups is 1. The van der Waals surface area contributed by atoms with Gasteiger partial charge in [-0.05, 0) is 24.3 Å². The van der Waals surface area contributed by atoms with Gasteiger partial charge in [0.25, 0.3) is 0 Å². The summed E-state index contributed by atoms with van der Waals surface area (Å²) in [5.41, 5.74) is 1.74. The number of para-hydroxylation sites is 1. The summed E-state index contributed by atoms with van der Waals surface area (Å²) in [6.45, 7) is 0.679. The summed E-state index contributed by atoms with van der Waals surface area (Å²) in [6.07, 6.45) is 0. The zero-order chi connectivity index (χ0) is 19.6. The highest BCUT2D eigenvalue weighted by molar-refractivity contribution is 14.0. The molecule has 0 radical (unpaired) electrons. The highest BCUT2D eigenvalue weighted by Gasteiger charge is 2.12. The number of benzene rings is 2. The third-order valence-corrected chi connectivity index (χ3v) is 3.94. The Balaban J connectivity index is 0.00000392. The molecule has 0 heterocycles. The fourth-order valence-corrected chi connectivity index (χ4v) is 2.58. The van der Waals surface area contributed by atoms with Crippen molar-refractivity contribution < 1.29 is 14.3 Å². The Morgan fingerprint density at radius 3 is 2.43 bits per heavy atom. The first-order valence-corrected chi connectivity index (χ1v) is 8.55. The summed E-state index contributed by atoms with van der Waals surface area (Å²) in [4.78, 5) is 18.3. The Hall–Kier alpha value is -2.49. The first kappa shape index (κ1) is 23.5. The van der Waals surface area contributed by atoms with Crippen LogP contribution in [0.15, 0.2) is 53.5 Å². The van der Waals surface area contributed by atoms with E-state index >= 15 is 0 Å². The molecule has 28 heavy (non-hydrogen) atoms. The number of hydrogen-bond acceptors (Lipinski definition) is 4. The number of halogens is 1. The van der Waals surface area contributed by atoms with Crippen LogP contribution in [0.1, 0.15) is 5.56 Å². The molecule has 2 aromatic carbocycles. The maximum atomic E-state index is 12.1.